The molecule has 0 fully saturated rings. The van der Waals surface area contributed by atoms with E-state index in [4.69, 9.17) is 4.42 Å². The fourth-order valence-electron chi connectivity index (χ4n) is 2.55. The van der Waals surface area contributed by atoms with Gasteiger partial charge >= 0.3 is 0 Å². The van der Waals surface area contributed by atoms with Crippen LogP contribution in [0.15, 0.2) is 51.8 Å². The molecule has 0 saturated heterocycles. The molecule has 0 saturated carbocycles. The second-order valence-electron chi connectivity index (χ2n) is 6.13. The predicted octanol–water partition coefficient (Wildman–Crippen LogP) is 1.96. The van der Waals surface area contributed by atoms with E-state index in [9.17, 15) is 14.4 Å². The predicted molar refractivity (Wildman–Crippen MR) is 101 cm³/mol. The zero-order chi connectivity index (χ0) is 19.4. The summed E-state index contributed by atoms with van der Waals surface area (Å²) in [7, 11) is 0. The van der Waals surface area contributed by atoms with Gasteiger partial charge in [-0.25, -0.2) is 0 Å². The quantitative estimate of drug-likeness (QED) is 0.673. The molecule has 2 N–H and O–H groups in total. The molecule has 7 heteroatoms. The van der Waals surface area contributed by atoms with Crippen LogP contribution in [0.25, 0.3) is 11.0 Å². The van der Waals surface area contributed by atoms with Crippen molar-refractivity contribution in [1.82, 2.24) is 15.6 Å². The Morgan fingerprint density at radius 3 is 2.41 bits per heavy atom. The van der Waals surface area contributed by atoms with E-state index in [1.54, 1.807) is 30.3 Å². The first-order valence-electron chi connectivity index (χ1n) is 8.48. The van der Waals surface area contributed by atoms with Crippen LogP contribution >= 0.6 is 0 Å². The Kier molecular flexibility index (Phi) is 5.30. The number of nitrogens with one attached hydrogen (secondary N) is 2. The highest BCUT2D eigenvalue weighted by Crippen LogP contribution is 2.17. The smallest absolute Gasteiger partial charge is 0.287 e. The van der Waals surface area contributed by atoms with Crippen molar-refractivity contribution in [2.75, 3.05) is 13.1 Å². The Hall–Kier alpha value is -3.48. The molecule has 0 spiro atoms. The lowest BCUT2D eigenvalue weighted by Crippen LogP contribution is -2.35. The highest BCUT2D eigenvalue weighted by atomic mass is 16.3. The highest BCUT2D eigenvalue weighted by molar-refractivity contribution is 5.94. The first kappa shape index (κ1) is 18.3. The molecule has 0 radical (unpaired) electrons. The average molecular weight is 365 g/mol. The van der Waals surface area contributed by atoms with Crippen LogP contribution in [0.3, 0.4) is 0 Å². The molecule has 3 aromatic rings. The first-order valence-corrected chi connectivity index (χ1v) is 8.48. The van der Waals surface area contributed by atoms with Crippen molar-refractivity contribution in [2.45, 2.75) is 13.8 Å². The summed E-state index contributed by atoms with van der Waals surface area (Å²) in [6, 6.07) is 9.72. The molecule has 27 heavy (non-hydrogen) atoms. The van der Waals surface area contributed by atoms with Gasteiger partial charge < -0.3 is 15.1 Å². The minimum absolute atomic E-state index is 0.0631. The highest BCUT2D eigenvalue weighted by Gasteiger charge is 2.13. The van der Waals surface area contributed by atoms with Gasteiger partial charge in [-0.2, -0.15) is 0 Å². The molecule has 0 aliphatic carbocycles. The third kappa shape index (κ3) is 4.20. The van der Waals surface area contributed by atoms with Crippen molar-refractivity contribution in [3.63, 3.8) is 0 Å². The standard InChI is InChI=1S/C20H19N3O4/c1-12-9-14-16(24)11-18(27-17(14)10-13(12)2)20(26)23-8-7-22-19(25)15-5-3-4-6-21-15/h3-6,9-11H,7-8H2,1-2H3,(H,22,25)(H,23,26). The van der Waals surface area contributed by atoms with Gasteiger partial charge in [0, 0.05) is 25.4 Å². The van der Waals surface area contributed by atoms with E-state index in [-0.39, 0.29) is 30.2 Å². The van der Waals surface area contributed by atoms with E-state index < -0.39 is 5.91 Å². The van der Waals surface area contributed by atoms with Crippen LogP contribution in [0, 0.1) is 13.8 Å². The summed E-state index contributed by atoms with van der Waals surface area (Å²) in [5.41, 5.74) is 2.36. The number of hydrogen-bond acceptors (Lipinski definition) is 5. The number of carbonyl (C=O) groups excluding carboxylic acids is 2. The molecule has 0 bridgehead atoms. The number of fused-ring (bicyclic) bond motifs is 1. The third-order valence-electron chi connectivity index (χ3n) is 4.16. The molecule has 7 nitrogen and oxygen atoms in total. The molecule has 2 heterocycles. The summed E-state index contributed by atoms with van der Waals surface area (Å²) >= 11 is 0. The van der Waals surface area contributed by atoms with Crippen molar-refractivity contribution in [1.29, 1.82) is 0 Å². The molecule has 138 valence electrons. The molecule has 2 amide bonds. The number of nitrogens with zero attached hydrogens (tertiary/aromatic N) is 1. The number of carbonyl (C=O) groups is 2. The van der Waals surface area contributed by atoms with Gasteiger partial charge in [0.05, 0.1) is 5.39 Å². The lowest BCUT2D eigenvalue weighted by atomic mass is 10.1. The number of benzene rings is 1. The van der Waals surface area contributed by atoms with Crippen LogP contribution in [-0.2, 0) is 0 Å². The number of hydrogen-bond donors (Lipinski definition) is 2. The van der Waals surface area contributed by atoms with Crippen molar-refractivity contribution in [2.24, 2.45) is 0 Å². The number of rotatable bonds is 5. The van der Waals surface area contributed by atoms with Crippen molar-refractivity contribution in [3.05, 3.63) is 75.4 Å². The SMILES string of the molecule is Cc1cc2oc(C(=O)NCCNC(=O)c3ccccn3)cc(=O)c2cc1C. The summed E-state index contributed by atoms with van der Waals surface area (Å²) in [5.74, 6) is -0.904. The summed E-state index contributed by atoms with van der Waals surface area (Å²) in [6.07, 6.45) is 1.53. The van der Waals surface area contributed by atoms with Gasteiger partial charge in [-0.05, 0) is 49.2 Å². The van der Waals surface area contributed by atoms with Gasteiger partial charge in [-0.15, -0.1) is 0 Å². The first-order chi connectivity index (χ1) is 13.0. The minimum atomic E-state index is -0.515. The van der Waals surface area contributed by atoms with Crippen LogP contribution in [0.1, 0.15) is 32.2 Å². The topological polar surface area (TPSA) is 101 Å². The average Bonchev–Trinajstić information content (AvgIpc) is 2.67. The van der Waals surface area contributed by atoms with E-state index in [0.717, 1.165) is 11.1 Å². The zero-order valence-corrected chi connectivity index (χ0v) is 15.0. The van der Waals surface area contributed by atoms with Gasteiger partial charge in [0.2, 0.25) is 0 Å². The summed E-state index contributed by atoms with van der Waals surface area (Å²) in [4.78, 5) is 40.3. The van der Waals surface area contributed by atoms with Crippen LogP contribution in [-0.4, -0.2) is 29.9 Å². The molecule has 3 rings (SSSR count). The molecule has 0 aliphatic rings. The molecule has 1 aromatic carbocycles. The fourth-order valence-corrected chi connectivity index (χ4v) is 2.55. The largest absolute Gasteiger partial charge is 0.451 e. The molecule has 0 aliphatic heterocycles. The van der Waals surface area contributed by atoms with Gasteiger partial charge in [0.25, 0.3) is 11.8 Å². The number of aryl methyl sites for hydroxylation is 2. The monoisotopic (exact) mass is 365 g/mol. The number of amides is 2. The van der Waals surface area contributed by atoms with E-state index in [1.165, 1.54) is 12.3 Å². The van der Waals surface area contributed by atoms with E-state index >= 15 is 0 Å². The maximum absolute atomic E-state index is 12.2. The Morgan fingerprint density at radius 2 is 1.70 bits per heavy atom. The van der Waals surface area contributed by atoms with E-state index in [1.807, 2.05) is 13.8 Å². The molecular weight excluding hydrogens is 346 g/mol. The number of aromatic nitrogens is 1. The van der Waals surface area contributed by atoms with Crippen molar-refractivity contribution in [3.8, 4) is 0 Å². The van der Waals surface area contributed by atoms with Crippen LogP contribution in [0.4, 0.5) is 0 Å². The van der Waals surface area contributed by atoms with E-state index in [2.05, 4.69) is 15.6 Å². The molecule has 0 atom stereocenters. The second kappa shape index (κ2) is 7.82. The van der Waals surface area contributed by atoms with Gasteiger partial charge in [-0.1, -0.05) is 6.07 Å². The van der Waals surface area contributed by atoms with Crippen molar-refractivity contribution >= 4 is 22.8 Å². The lowest BCUT2D eigenvalue weighted by Gasteiger charge is -2.08. The minimum Gasteiger partial charge on any atom is -0.451 e. The molecule has 0 unspecified atom stereocenters. The van der Waals surface area contributed by atoms with Gasteiger partial charge in [-0.3, -0.25) is 19.4 Å². The summed E-state index contributed by atoms with van der Waals surface area (Å²) in [5, 5.41) is 5.71. The lowest BCUT2D eigenvalue weighted by molar-refractivity contribution is 0.0909. The normalized spacial score (nSPS) is 10.6. The molecular formula is C20H19N3O4. The van der Waals surface area contributed by atoms with Gasteiger partial charge in [0.15, 0.2) is 11.2 Å². The Morgan fingerprint density at radius 1 is 1.00 bits per heavy atom. The maximum Gasteiger partial charge on any atom is 0.287 e. The fraction of sp³-hybridized carbons (Fsp3) is 0.200. The van der Waals surface area contributed by atoms with Gasteiger partial charge in [0.1, 0.15) is 11.3 Å². The van der Waals surface area contributed by atoms with Crippen LogP contribution < -0.4 is 16.1 Å². The zero-order valence-electron chi connectivity index (χ0n) is 15.0. The summed E-state index contributed by atoms with van der Waals surface area (Å²) < 4.78 is 5.58. The van der Waals surface area contributed by atoms with Crippen LogP contribution in [0.5, 0.6) is 0 Å². The second-order valence-corrected chi connectivity index (χ2v) is 6.13. The van der Waals surface area contributed by atoms with E-state index in [0.29, 0.717) is 16.7 Å². The Bertz CT molecular complexity index is 1060. The molecule has 2 aromatic heterocycles. The summed E-state index contributed by atoms with van der Waals surface area (Å²) in [6.45, 7) is 4.23. The Balaban J connectivity index is 1.62. The third-order valence-corrected chi connectivity index (χ3v) is 4.16. The Labute approximate surface area is 155 Å². The van der Waals surface area contributed by atoms with Crippen LogP contribution in [0.2, 0.25) is 0 Å². The van der Waals surface area contributed by atoms with Crippen molar-refractivity contribution < 1.29 is 14.0 Å². The number of pyridine rings is 1. The maximum atomic E-state index is 12.2.